The number of hydrogen-bond donors (Lipinski definition) is 2. The van der Waals surface area contributed by atoms with E-state index in [-0.39, 0.29) is 5.41 Å². The fourth-order valence-electron chi connectivity index (χ4n) is 2.35. The maximum atomic E-state index is 5.78. The molecule has 0 spiro atoms. The topological polar surface area (TPSA) is 41.8 Å². The molecule has 92 valence electrons. The Bertz CT molecular complexity index is 530. The molecule has 17 heavy (non-hydrogen) atoms. The van der Waals surface area contributed by atoms with Crippen molar-refractivity contribution in [1.29, 1.82) is 0 Å². The van der Waals surface area contributed by atoms with Crippen molar-refractivity contribution in [2.24, 2.45) is 5.73 Å². The van der Waals surface area contributed by atoms with Crippen LogP contribution in [0.5, 0.6) is 0 Å². The minimum absolute atomic E-state index is 0.194. The first-order valence-electron chi connectivity index (χ1n) is 6.31. The molecule has 1 aromatic carbocycles. The molecule has 1 aromatic heterocycles. The minimum atomic E-state index is 0.194. The van der Waals surface area contributed by atoms with E-state index in [4.69, 9.17) is 5.73 Å². The number of aromatic nitrogens is 1. The van der Waals surface area contributed by atoms with Gasteiger partial charge >= 0.3 is 0 Å². The van der Waals surface area contributed by atoms with Gasteiger partial charge in [0.25, 0.3) is 0 Å². The zero-order valence-electron chi connectivity index (χ0n) is 11.2. The van der Waals surface area contributed by atoms with Gasteiger partial charge in [0.2, 0.25) is 0 Å². The van der Waals surface area contributed by atoms with E-state index in [1.807, 2.05) is 0 Å². The fourth-order valence-corrected chi connectivity index (χ4v) is 2.35. The molecule has 0 unspecified atom stereocenters. The highest BCUT2D eigenvalue weighted by atomic mass is 14.8. The number of aryl methyl sites for hydroxylation is 1. The molecule has 3 N–H and O–H groups in total. The van der Waals surface area contributed by atoms with Gasteiger partial charge in [-0.15, -0.1) is 0 Å². The Balaban J connectivity index is 2.67. The molecule has 0 amide bonds. The molecular weight excluding hydrogens is 208 g/mol. The van der Waals surface area contributed by atoms with Gasteiger partial charge in [-0.1, -0.05) is 33.8 Å². The van der Waals surface area contributed by atoms with Gasteiger partial charge < -0.3 is 10.7 Å². The summed E-state index contributed by atoms with van der Waals surface area (Å²) < 4.78 is 0. The quantitative estimate of drug-likeness (QED) is 0.814. The summed E-state index contributed by atoms with van der Waals surface area (Å²) in [6.07, 6.45) is 1.03. The third-order valence-electron chi connectivity index (χ3n) is 3.42. The smallest absolute Gasteiger partial charge is 0.0459 e. The van der Waals surface area contributed by atoms with E-state index in [0.29, 0.717) is 6.54 Å². The summed E-state index contributed by atoms with van der Waals surface area (Å²) in [6.45, 7) is 9.51. The van der Waals surface area contributed by atoms with Crippen LogP contribution in [0.15, 0.2) is 18.2 Å². The van der Waals surface area contributed by atoms with Gasteiger partial charge in [0, 0.05) is 23.1 Å². The molecule has 0 radical (unpaired) electrons. The number of rotatable bonds is 2. The number of hydrogen-bond acceptors (Lipinski definition) is 1. The molecule has 2 heteroatoms. The number of H-pyrrole nitrogens is 1. The summed E-state index contributed by atoms with van der Waals surface area (Å²) in [4.78, 5) is 3.42. The first-order valence-corrected chi connectivity index (χ1v) is 6.31. The van der Waals surface area contributed by atoms with Gasteiger partial charge in [0.05, 0.1) is 0 Å². The summed E-state index contributed by atoms with van der Waals surface area (Å²) >= 11 is 0. The standard InChI is InChI=1S/C15H22N2/c1-5-11-12-8-10(15(2,3)4)6-7-13(12)17-14(11)9-16/h6-8,17H,5,9,16H2,1-4H3. The maximum Gasteiger partial charge on any atom is 0.0459 e. The van der Waals surface area contributed by atoms with Crippen LogP contribution in [0.2, 0.25) is 0 Å². The molecule has 0 fully saturated rings. The largest absolute Gasteiger partial charge is 0.357 e. The van der Waals surface area contributed by atoms with Crippen LogP contribution in [0.4, 0.5) is 0 Å². The number of benzene rings is 1. The lowest BCUT2D eigenvalue weighted by Gasteiger charge is -2.19. The molecule has 0 aliphatic heterocycles. The molecule has 0 aliphatic rings. The molecule has 0 atom stereocenters. The van der Waals surface area contributed by atoms with Crippen LogP contribution in [0.3, 0.4) is 0 Å². The lowest BCUT2D eigenvalue weighted by Crippen LogP contribution is -2.10. The molecule has 1 heterocycles. The molecule has 0 saturated heterocycles. The number of fused-ring (bicyclic) bond motifs is 1. The lowest BCUT2D eigenvalue weighted by molar-refractivity contribution is 0.591. The molecule has 2 rings (SSSR count). The van der Waals surface area contributed by atoms with E-state index >= 15 is 0 Å². The van der Waals surface area contributed by atoms with Gasteiger partial charge in [-0.25, -0.2) is 0 Å². The van der Waals surface area contributed by atoms with E-state index in [9.17, 15) is 0 Å². The molecule has 0 saturated carbocycles. The van der Waals surface area contributed by atoms with Crippen LogP contribution >= 0.6 is 0 Å². The Kier molecular flexibility index (Phi) is 3.00. The Morgan fingerprint density at radius 3 is 2.47 bits per heavy atom. The Hall–Kier alpha value is -1.28. The van der Waals surface area contributed by atoms with Crippen molar-refractivity contribution < 1.29 is 0 Å². The van der Waals surface area contributed by atoms with Crippen molar-refractivity contribution in [3.63, 3.8) is 0 Å². The van der Waals surface area contributed by atoms with E-state index < -0.39 is 0 Å². The molecule has 0 aliphatic carbocycles. The highest BCUT2D eigenvalue weighted by molar-refractivity contribution is 5.85. The van der Waals surface area contributed by atoms with E-state index in [0.717, 1.165) is 6.42 Å². The lowest BCUT2D eigenvalue weighted by atomic mass is 9.86. The predicted molar refractivity (Wildman–Crippen MR) is 74.3 cm³/mol. The van der Waals surface area contributed by atoms with Crippen molar-refractivity contribution in [3.8, 4) is 0 Å². The predicted octanol–water partition coefficient (Wildman–Crippen LogP) is 3.49. The van der Waals surface area contributed by atoms with Crippen molar-refractivity contribution in [3.05, 3.63) is 35.0 Å². The molecule has 2 aromatic rings. The third kappa shape index (κ3) is 2.09. The number of aromatic amines is 1. The van der Waals surface area contributed by atoms with Gasteiger partial charge in [0.1, 0.15) is 0 Å². The molecule has 0 bridgehead atoms. The van der Waals surface area contributed by atoms with E-state index in [1.54, 1.807) is 0 Å². The van der Waals surface area contributed by atoms with Gasteiger partial charge in [-0.3, -0.25) is 0 Å². The number of nitrogens with one attached hydrogen (secondary N) is 1. The van der Waals surface area contributed by atoms with Crippen LogP contribution in [0.25, 0.3) is 10.9 Å². The van der Waals surface area contributed by atoms with Crippen molar-refractivity contribution in [2.75, 3.05) is 0 Å². The average Bonchev–Trinajstić information content (AvgIpc) is 2.64. The Morgan fingerprint density at radius 2 is 1.94 bits per heavy atom. The average molecular weight is 230 g/mol. The zero-order valence-corrected chi connectivity index (χ0v) is 11.2. The zero-order chi connectivity index (χ0) is 12.6. The Morgan fingerprint density at radius 1 is 1.24 bits per heavy atom. The van der Waals surface area contributed by atoms with Gasteiger partial charge in [0.15, 0.2) is 0 Å². The molecule has 2 nitrogen and oxygen atoms in total. The normalized spacial score (nSPS) is 12.3. The summed E-state index contributed by atoms with van der Waals surface area (Å²) in [6, 6.07) is 6.69. The number of nitrogens with two attached hydrogens (primary N) is 1. The summed E-state index contributed by atoms with van der Waals surface area (Å²) in [5.41, 5.74) is 11.1. The monoisotopic (exact) mass is 230 g/mol. The highest BCUT2D eigenvalue weighted by Gasteiger charge is 2.16. The van der Waals surface area contributed by atoms with Crippen molar-refractivity contribution >= 4 is 10.9 Å². The minimum Gasteiger partial charge on any atom is -0.357 e. The first kappa shape index (κ1) is 12.2. The second-order valence-corrected chi connectivity index (χ2v) is 5.65. The van der Waals surface area contributed by atoms with E-state index in [1.165, 1.54) is 27.7 Å². The second kappa shape index (κ2) is 4.19. The van der Waals surface area contributed by atoms with Gasteiger partial charge in [-0.05, 0) is 35.1 Å². The Labute approximate surface area is 103 Å². The van der Waals surface area contributed by atoms with Crippen molar-refractivity contribution in [2.45, 2.75) is 46.1 Å². The third-order valence-corrected chi connectivity index (χ3v) is 3.42. The van der Waals surface area contributed by atoms with Crippen LogP contribution in [0.1, 0.15) is 44.5 Å². The van der Waals surface area contributed by atoms with E-state index in [2.05, 4.69) is 50.9 Å². The van der Waals surface area contributed by atoms with Crippen LogP contribution in [0, 0.1) is 0 Å². The van der Waals surface area contributed by atoms with Crippen molar-refractivity contribution in [1.82, 2.24) is 4.98 Å². The first-order chi connectivity index (χ1) is 7.97. The fraction of sp³-hybridized carbons (Fsp3) is 0.467. The van der Waals surface area contributed by atoms with Crippen LogP contribution in [-0.2, 0) is 18.4 Å². The second-order valence-electron chi connectivity index (χ2n) is 5.65. The van der Waals surface area contributed by atoms with Crippen LogP contribution < -0.4 is 5.73 Å². The summed E-state index contributed by atoms with van der Waals surface area (Å²) in [7, 11) is 0. The molecular formula is C15H22N2. The van der Waals surface area contributed by atoms with Crippen LogP contribution in [-0.4, -0.2) is 4.98 Å². The summed E-state index contributed by atoms with van der Waals surface area (Å²) in [5, 5.41) is 1.33. The summed E-state index contributed by atoms with van der Waals surface area (Å²) in [5.74, 6) is 0. The highest BCUT2D eigenvalue weighted by Crippen LogP contribution is 2.29. The maximum absolute atomic E-state index is 5.78. The SMILES string of the molecule is CCc1c(CN)[nH]c2ccc(C(C)(C)C)cc12. The van der Waals surface area contributed by atoms with Gasteiger partial charge in [-0.2, -0.15) is 0 Å².